The number of ether oxygens (including phenoxy) is 1. The Morgan fingerprint density at radius 1 is 1.04 bits per heavy atom. The summed E-state index contributed by atoms with van der Waals surface area (Å²) in [6, 6.07) is 20.4. The molecule has 0 bridgehead atoms. The summed E-state index contributed by atoms with van der Waals surface area (Å²) >= 11 is 0. The Morgan fingerprint density at radius 2 is 1.52 bits per heavy atom. The molecule has 0 saturated carbocycles. The van der Waals surface area contributed by atoms with Crippen molar-refractivity contribution in [2.75, 3.05) is 6.61 Å². The summed E-state index contributed by atoms with van der Waals surface area (Å²) in [5.41, 5.74) is -0.271. The average Bonchev–Trinajstić information content (AvgIpc) is 2.98. The second kappa shape index (κ2) is 6.30. The number of rotatable bonds is 4. The Kier molecular flexibility index (Phi) is 4.37. The van der Waals surface area contributed by atoms with E-state index in [0.29, 0.717) is 6.61 Å². The van der Waals surface area contributed by atoms with Crippen LogP contribution in [0.4, 0.5) is 0 Å². The van der Waals surface area contributed by atoms with Gasteiger partial charge in [0.2, 0.25) is 0 Å². The topological polar surface area (TPSA) is 46.5 Å². The van der Waals surface area contributed by atoms with Gasteiger partial charge in [-0.1, -0.05) is 77.6 Å². The summed E-state index contributed by atoms with van der Waals surface area (Å²) in [5.74, 6) is -0.322. The smallest absolute Gasteiger partial charge is 0.307 e. The molecule has 1 heterocycles. The molecular formula is C19H22O3Si. The maximum Gasteiger partial charge on any atom is 0.307 e. The van der Waals surface area contributed by atoms with Gasteiger partial charge >= 0.3 is 5.97 Å². The van der Waals surface area contributed by atoms with Crippen molar-refractivity contribution < 1.29 is 14.6 Å². The summed E-state index contributed by atoms with van der Waals surface area (Å²) in [4.78, 5) is 12.6. The molecule has 3 nitrogen and oxygen atoms in total. The zero-order chi connectivity index (χ0) is 16.4. The van der Waals surface area contributed by atoms with E-state index < -0.39 is 14.2 Å². The van der Waals surface area contributed by atoms with Gasteiger partial charge in [-0.05, 0) is 6.92 Å². The fraction of sp³-hybridized carbons (Fsp3) is 0.316. The number of aliphatic hydroxyl groups excluding tert-OH is 1. The van der Waals surface area contributed by atoms with Crippen LogP contribution in [0, 0.1) is 5.92 Å². The zero-order valence-electron chi connectivity index (χ0n) is 13.5. The predicted octanol–water partition coefficient (Wildman–Crippen LogP) is 1.80. The molecule has 2 aromatic carbocycles. The average molecular weight is 326 g/mol. The van der Waals surface area contributed by atoms with Crippen LogP contribution < -0.4 is 10.4 Å². The fourth-order valence-corrected chi connectivity index (χ4v) is 8.32. The number of carbonyl (C=O) groups excluding carboxylic acids is 1. The van der Waals surface area contributed by atoms with Crippen molar-refractivity contribution >= 4 is 24.4 Å². The third-order valence-electron chi connectivity index (χ3n) is 5.09. The van der Waals surface area contributed by atoms with Crippen LogP contribution in [0.2, 0.25) is 12.1 Å². The molecular weight excluding hydrogens is 304 g/mol. The zero-order valence-corrected chi connectivity index (χ0v) is 14.5. The summed E-state index contributed by atoms with van der Waals surface area (Å²) in [6.45, 7) is 4.28. The first-order valence-corrected chi connectivity index (χ1v) is 10.6. The van der Waals surface area contributed by atoms with E-state index in [4.69, 9.17) is 4.74 Å². The van der Waals surface area contributed by atoms with Gasteiger partial charge in [0, 0.05) is 5.92 Å². The molecule has 2 aromatic rings. The number of carbonyl (C=O) groups is 1. The van der Waals surface area contributed by atoms with E-state index in [1.54, 1.807) is 6.92 Å². The van der Waals surface area contributed by atoms with E-state index in [0.717, 1.165) is 0 Å². The lowest BCUT2D eigenvalue weighted by Gasteiger charge is -2.36. The van der Waals surface area contributed by atoms with Gasteiger partial charge in [-0.3, -0.25) is 4.79 Å². The highest BCUT2D eigenvalue weighted by atomic mass is 28.3. The Morgan fingerprint density at radius 3 is 1.96 bits per heavy atom. The lowest BCUT2D eigenvalue weighted by molar-refractivity contribution is -0.138. The second-order valence-electron chi connectivity index (χ2n) is 6.45. The first-order chi connectivity index (χ1) is 11.0. The van der Waals surface area contributed by atoms with Crippen molar-refractivity contribution in [1.82, 2.24) is 0 Å². The molecule has 3 atom stereocenters. The van der Waals surface area contributed by atoms with E-state index >= 15 is 0 Å². The van der Waals surface area contributed by atoms with E-state index in [2.05, 4.69) is 30.8 Å². The fourth-order valence-electron chi connectivity index (χ4n) is 3.72. The third kappa shape index (κ3) is 2.73. The van der Waals surface area contributed by atoms with Gasteiger partial charge < -0.3 is 9.84 Å². The van der Waals surface area contributed by atoms with Gasteiger partial charge in [-0.25, -0.2) is 0 Å². The van der Waals surface area contributed by atoms with Gasteiger partial charge in [-0.15, -0.1) is 0 Å². The normalized spacial score (nSPS) is 22.7. The minimum Gasteiger partial charge on any atom is -0.465 e. The molecule has 120 valence electrons. The molecule has 1 N–H and O–H groups in total. The molecule has 0 aliphatic carbocycles. The van der Waals surface area contributed by atoms with Crippen LogP contribution in [0.15, 0.2) is 60.7 Å². The van der Waals surface area contributed by atoms with Crippen LogP contribution in [0.3, 0.4) is 0 Å². The minimum absolute atomic E-state index is 0.153. The molecule has 0 amide bonds. The van der Waals surface area contributed by atoms with Crippen molar-refractivity contribution in [3.8, 4) is 0 Å². The molecule has 23 heavy (non-hydrogen) atoms. The summed E-state index contributed by atoms with van der Waals surface area (Å²) < 4.78 is 5.36. The van der Waals surface area contributed by atoms with E-state index in [1.807, 2.05) is 36.4 Å². The summed E-state index contributed by atoms with van der Waals surface area (Å²) in [5, 5.41) is 12.6. The second-order valence-corrected chi connectivity index (χ2v) is 10.6. The van der Waals surface area contributed by atoms with Gasteiger partial charge in [-0.2, -0.15) is 0 Å². The summed E-state index contributed by atoms with van der Waals surface area (Å²) in [6.07, 6.45) is -0.564. The molecule has 0 radical (unpaired) electrons. The molecule has 1 aliphatic heterocycles. The summed E-state index contributed by atoms with van der Waals surface area (Å²) in [7, 11) is -2.39. The molecule has 1 aliphatic rings. The number of hydrogen-bond donors (Lipinski definition) is 1. The Balaban J connectivity index is 2.18. The first-order valence-electron chi connectivity index (χ1n) is 8.01. The Hall–Kier alpha value is -1.91. The van der Waals surface area contributed by atoms with Crippen molar-refractivity contribution in [2.24, 2.45) is 5.92 Å². The standard InChI is InChI=1S/C19H22O3Si/c1-14(20)17-13-22-19(21)18(17)23(2,15-9-5-3-6-10-15)16-11-7-4-8-12-16/h3-12,14,17-18,20H,13H2,1-2H3/t14-,17+,18+/m0/s1. The van der Waals surface area contributed by atoms with Crippen molar-refractivity contribution in [2.45, 2.75) is 25.1 Å². The van der Waals surface area contributed by atoms with Crippen LogP contribution in [0.1, 0.15) is 6.92 Å². The minimum atomic E-state index is -2.39. The molecule has 0 aromatic heterocycles. The molecule has 0 unspecified atom stereocenters. The lowest BCUT2D eigenvalue weighted by Crippen LogP contribution is -2.62. The largest absolute Gasteiger partial charge is 0.465 e. The number of aliphatic hydroxyl groups is 1. The highest BCUT2D eigenvalue weighted by Crippen LogP contribution is 2.38. The Bertz CT molecular complexity index is 630. The van der Waals surface area contributed by atoms with Crippen LogP contribution in [-0.4, -0.2) is 31.9 Å². The quantitative estimate of drug-likeness (QED) is 0.688. The van der Waals surface area contributed by atoms with Crippen LogP contribution >= 0.6 is 0 Å². The SMILES string of the molecule is C[C@H](O)[C@H]1COC(=O)[C@@H]1[Si](C)(c1ccccc1)c1ccccc1. The molecule has 3 rings (SSSR count). The number of hydrogen-bond acceptors (Lipinski definition) is 3. The van der Waals surface area contributed by atoms with Crippen LogP contribution in [0.25, 0.3) is 0 Å². The maximum absolute atomic E-state index is 12.6. The Labute approximate surface area is 137 Å². The van der Waals surface area contributed by atoms with Gasteiger partial charge in [0.1, 0.15) is 8.07 Å². The monoisotopic (exact) mass is 326 g/mol. The van der Waals surface area contributed by atoms with E-state index in [-0.39, 0.29) is 17.4 Å². The number of benzene rings is 2. The first kappa shape index (κ1) is 16.0. The van der Waals surface area contributed by atoms with Crippen LogP contribution in [-0.2, 0) is 9.53 Å². The number of esters is 1. The molecule has 0 spiro atoms. The predicted molar refractivity (Wildman–Crippen MR) is 93.6 cm³/mol. The van der Waals surface area contributed by atoms with E-state index in [9.17, 15) is 9.90 Å². The highest BCUT2D eigenvalue weighted by molar-refractivity contribution is 7.04. The van der Waals surface area contributed by atoms with Crippen molar-refractivity contribution in [3.63, 3.8) is 0 Å². The lowest BCUT2D eigenvalue weighted by atomic mass is 10.0. The third-order valence-corrected chi connectivity index (χ3v) is 10.1. The van der Waals surface area contributed by atoms with E-state index in [1.165, 1.54) is 10.4 Å². The molecule has 4 heteroatoms. The molecule has 1 saturated heterocycles. The van der Waals surface area contributed by atoms with Gasteiger partial charge in [0.25, 0.3) is 0 Å². The van der Waals surface area contributed by atoms with Gasteiger partial charge in [0.05, 0.1) is 18.3 Å². The molecule has 1 fully saturated rings. The van der Waals surface area contributed by atoms with Crippen molar-refractivity contribution in [3.05, 3.63) is 60.7 Å². The number of cyclic esters (lactones) is 1. The van der Waals surface area contributed by atoms with Crippen molar-refractivity contribution in [1.29, 1.82) is 0 Å². The van der Waals surface area contributed by atoms with Crippen LogP contribution in [0.5, 0.6) is 0 Å². The van der Waals surface area contributed by atoms with Gasteiger partial charge in [0.15, 0.2) is 0 Å². The highest BCUT2D eigenvalue weighted by Gasteiger charge is 2.53. The maximum atomic E-state index is 12.6.